The average molecular weight is 303 g/mol. The van der Waals surface area contributed by atoms with Crippen molar-refractivity contribution in [3.05, 3.63) is 23.8 Å². The Labute approximate surface area is 129 Å². The number of anilines is 1. The van der Waals surface area contributed by atoms with Crippen LogP contribution in [0.3, 0.4) is 0 Å². The largest absolute Gasteiger partial charge is 0.375 e. The fourth-order valence-corrected chi connectivity index (χ4v) is 3.91. The summed E-state index contributed by atoms with van der Waals surface area (Å²) in [4.78, 5) is 18.6. The molecule has 0 spiro atoms. The molecule has 1 aliphatic carbocycles. The lowest BCUT2D eigenvalue weighted by atomic mass is 9.89. The van der Waals surface area contributed by atoms with Crippen molar-refractivity contribution in [1.29, 1.82) is 0 Å². The molecule has 1 heterocycles. The number of hydrogen-bond donors (Lipinski definition) is 1. The van der Waals surface area contributed by atoms with Crippen molar-refractivity contribution in [2.24, 2.45) is 5.92 Å². The number of nitrogens with two attached hydrogens (primary N) is 1. The number of nitrogen functional groups attached to an aromatic ring is 1. The van der Waals surface area contributed by atoms with Gasteiger partial charge in [-0.15, -0.1) is 0 Å². The SMILES string of the molecule is CN(CC1CCCCC1)C(=O)c1ccc2nc(N)sc2c1. The number of hydrogen-bond acceptors (Lipinski definition) is 4. The maximum Gasteiger partial charge on any atom is 0.253 e. The van der Waals surface area contributed by atoms with Crippen LogP contribution in [0.15, 0.2) is 18.2 Å². The summed E-state index contributed by atoms with van der Waals surface area (Å²) < 4.78 is 0.976. The molecule has 1 aromatic heterocycles. The van der Waals surface area contributed by atoms with E-state index in [0.717, 1.165) is 22.3 Å². The Morgan fingerprint density at radius 2 is 2.14 bits per heavy atom. The van der Waals surface area contributed by atoms with E-state index in [2.05, 4.69) is 4.98 Å². The third-order valence-electron chi connectivity index (χ3n) is 4.26. The van der Waals surface area contributed by atoms with Crippen molar-refractivity contribution >= 4 is 32.6 Å². The molecule has 112 valence electrons. The highest BCUT2D eigenvalue weighted by Crippen LogP contribution is 2.26. The third kappa shape index (κ3) is 3.18. The average Bonchev–Trinajstić information content (AvgIpc) is 2.86. The summed E-state index contributed by atoms with van der Waals surface area (Å²) in [6.07, 6.45) is 6.46. The Morgan fingerprint density at radius 3 is 2.90 bits per heavy atom. The highest BCUT2D eigenvalue weighted by molar-refractivity contribution is 7.22. The zero-order valence-electron chi connectivity index (χ0n) is 12.3. The van der Waals surface area contributed by atoms with Crippen LogP contribution in [0, 0.1) is 5.92 Å². The van der Waals surface area contributed by atoms with Crippen LogP contribution in [0.2, 0.25) is 0 Å². The summed E-state index contributed by atoms with van der Waals surface area (Å²) >= 11 is 1.43. The van der Waals surface area contributed by atoms with Crippen molar-refractivity contribution < 1.29 is 4.79 Å². The van der Waals surface area contributed by atoms with Crippen LogP contribution in [0.1, 0.15) is 42.5 Å². The van der Waals surface area contributed by atoms with Crippen LogP contribution >= 0.6 is 11.3 Å². The number of thiazole rings is 1. The lowest BCUT2D eigenvalue weighted by Crippen LogP contribution is -2.32. The molecule has 1 aromatic carbocycles. The lowest BCUT2D eigenvalue weighted by Gasteiger charge is -2.27. The van der Waals surface area contributed by atoms with Crippen molar-refractivity contribution in [3.8, 4) is 0 Å². The van der Waals surface area contributed by atoms with Crippen LogP contribution in [0.5, 0.6) is 0 Å². The maximum atomic E-state index is 12.5. The molecule has 1 fully saturated rings. The molecule has 2 N–H and O–H groups in total. The van der Waals surface area contributed by atoms with Crippen molar-refractivity contribution in [2.45, 2.75) is 32.1 Å². The second kappa shape index (κ2) is 6.02. The number of fused-ring (bicyclic) bond motifs is 1. The molecule has 0 unspecified atom stereocenters. The van der Waals surface area contributed by atoms with Gasteiger partial charge in [0, 0.05) is 19.2 Å². The standard InChI is InChI=1S/C16H21N3OS/c1-19(10-11-5-3-2-4-6-11)15(20)12-7-8-13-14(9-12)21-16(17)18-13/h7-9,11H,2-6,10H2,1H3,(H2,17,18). The Kier molecular flexibility index (Phi) is 4.10. The van der Waals surface area contributed by atoms with Gasteiger partial charge in [0.1, 0.15) is 0 Å². The van der Waals surface area contributed by atoms with Crippen LogP contribution in [0.4, 0.5) is 5.13 Å². The molecular formula is C16H21N3OS. The topological polar surface area (TPSA) is 59.2 Å². The number of carbonyl (C=O) groups excluding carboxylic acids is 1. The first kappa shape index (κ1) is 14.3. The van der Waals surface area contributed by atoms with Crippen molar-refractivity contribution in [1.82, 2.24) is 9.88 Å². The minimum absolute atomic E-state index is 0.0921. The summed E-state index contributed by atoms with van der Waals surface area (Å²) in [5.41, 5.74) is 7.30. The summed E-state index contributed by atoms with van der Waals surface area (Å²) in [6.45, 7) is 0.863. The Morgan fingerprint density at radius 1 is 1.38 bits per heavy atom. The number of benzene rings is 1. The van der Waals surface area contributed by atoms with Crippen LogP contribution in [-0.4, -0.2) is 29.4 Å². The zero-order chi connectivity index (χ0) is 14.8. The highest BCUT2D eigenvalue weighted by atomic mass is 32.1. The first-order chi connectivity index (χ1) is 10.1. The van der Waals surface area contributed by atoms with Crippen LogP contribution in [0.25, 0.3) is 10.2 Å². The van der Waals surface area contributed by atoms with Gasteiger partial charge in [-0.05, 0) is 37.0 Å². The van der Waals surface area contributed by atoms with E-state index >= 15 is 0 Å². The van der Waals surface area contributed by atoms with Gasteiger partial charge in [-0.25, -0.2) is 4.98 Å². The molecule has 4 nitrogen and oxygen atoms in total. The lowest BCUT2D eigenvalue weighted by molar-refractivity contribution is 0.0761. The summed E-state index contributed by atoms with van der Waals surface area (Å²) in [7, 11) is 1.90. The smallest absolute Gasteiger partial charge is 0.253 e. The molecule has 0 bridgehead atoms. The van der Waals surface area contributed by atoms with E-state index in [1.54, 1.807) is 0 Å². The molecule has 1 saturated carbocycles. The molecule has 0 saturated heterocycles. The molecular weight excluding hydrogens is 282 g/mol. The van der Waals surface area contributed by atoms with Gasteiger partial charge in [0.2, 0.25) is 0 Å². The second-order valence-electron chi connectivity index (χ2n) is 5.92. The second-order valence-corrected chi connectivity index (χ2v) is 6.99. The first-order valence-electron chi connectivity index (χ1n) is 7.55. The quantitative estimate of drug-likeness (QED) is 0.943. The van der Waals surface area contributed by atoms with Crippen molar-refractivity contribution in [2.75, 3.05) is 19.3 Å². The van der Waals surface area contributed by atoms with Gasteiger partial charge in [-0.2, -0.15) is 0 Å². The molecule has 2 aromatic rings. The van der Waals surface area contributed by atoms with E-state index in [1.165, 1.54) is 43.4 Å². The summed E-state index contributed by atoms with van der Waals surface area (Å²) in [5.74, 6) is 0.755. The summed E-state index contributed by atoms with van der Waals surface area (Å²) in [6, 6.07) is 5.63. The predicted octanol–water partition coefficient (Wildman–Crippen LogP) is 3.53. The van der Waals surface area contributed by atoms with Gasteiger partial charge in [-0.1, -0.05) is 30.6 Å². The summed E-state index contributed by atoms with van der Waals surface area (Å²) in [5, 5.41) is 0.546. The van der Waals surface area contributed by atoms with Gasteiger partial charge < -0.3 is 10.6 Å². The van der Waals surface area contributed by atoms with Crippen LogP contribution < -0.4 is 5.73 Å². The van der Waals surface area contributed by atoms with E-state index < -0.39 is 0 Å². The fourth-order valence-electron chi connectivity index (χ4n) is 3.14. The molecule has 1 amide bonds. The van der Waals surface area contributed by atoms with Gasteiger partial charge >= 0.3 is 0 Å². The minimum Gasteiger partial charge on any atom is -0.375 e. The molecule has 5 heteroatoms. The Hall–Kier alpha value is -1.62. The molecule has 3 rings (SSSR count). The minimum atomic E-state index is 0.0921. The predicted molar refractivity (Wildman–Crippen MR) is 87.6 cm³/mol. The monoisotopic (exact) mass is 303 g/mol. The highest BCUT2D eigenvalue weighted by Gasteiger charge is 2.19. The van der Waals surface area contributed by atoms with E-state index in [1.807, 2.05) is 30.1 Å². The fraction of sp³-hybridized carbons (Fsp3) is 0.500. The van der Waals surface area contributed by atoms with E-state index in [0.29, 0.717) is 11.0 Å². The molecule has 21 heavy (non-hydrogen) atoms. The van der Waals surface area contributed by atoms with E-state index in [-0.39, 0.29) is 5.91 Å². The number of nitrogens with zero attached hydrogens (tertiary/aromatic N) is 2. The zero-order valence-corrected chi connectivity index (χ0v) is 13.2. The maximum absolute atomic E-state index is 12.5. The molecule has 0 atom stereocenters. The number of amides is 1. The van der Waals surface area contributed by atoms with Gasteiger partial charge in [0.25, 0.3) is 5.91 Å². The molecule has 1 aliphatic rings. The number of aromatic nitrogens is 1. The molecule has 0 aliphatic heterocycles. The number of carbonyl (C=O) groups is 1. The van der Waals surface area contributed by atoms with Gasteiger partial charge in [-0.3, -0.25) is 4.79 Å². The van der Waals surface area contributed by atoms with Gasteiger partial charge in [0.05, 0.1) is 10.2 Å². The Balaban J connectivity index is 1.72. The van der Waals surface area contributed by atoms with Gasteiger partial charge in [0.15, 0.2) is 5.13 Å². The van der Waals surface area contributed by atoms with E-state index in [9.17, 15) is 4.79 Å². The normalized spacial score (nSPS) is 16.2. The number of rotatable bonds is 3. The third-order valence-corrected chi connectivity index (χ3v) is 5.10. The first-order valence-corrected chi connectivity index (χ1v) is 8.36. The van der Waals surface area contributed by atoms with Crippen LogP contribution in [-0.2, 0) is 0 Å². The van der Waals surface area contributed by atoms with Crippen molar-refractivity contribution in [3.63, 3.8) is 0 Å². The Bertz CT molecular complexity index is 646. The molecule has 0 radical (unpaired) electrons. The van der Waals surface area contributed by atoms with E-state index in [4.69, 9.17) is 5.73 Å².